The van der Waals surface area contributed by atoms with Crippen molar-refractivity contribution in [3.05, 3.63) is 29.3 Å². The molecule has 2 heteroatoms. The zero-order valence-electron chi connectivity index (χ0n) is 10.9. The summed E-state index contributed by atoms with van der Waals surface area (Å²) in [6, 6.07) is 6.50. The van der Waals surface area contributed by atoms with Crippen LogP contribution in [0, 0.1) is 19.3 Å². The number of nitrogens with one attached hydrogen (secondary N) is 1. The Morgan fingerprint density at radius 3 is 2.44 bits per heavy atom. The Kier molecular flexibility index (Phi) is 4.36. The monoisotopic (exact) mass is 220 g/mol. The van der Waals surface area contributed by atoms with Crippen LogP contribution in [0.1, 0.15) is 31.4 Å². The van der Waals surface area contributed by atoms with Crippen LogP contribution in [0.25, 0.3) is 0 Å². The Balaban J connectivity index is 2.57. The number of nitrogens with two attached hydrogens (primary N) is 1. The van der Waals surface area contributed by atoms with Gasteiger partial charge in [-0.25, -0.2) is 0 Å². The van der Waals surface area contributed by atoms with Gasteiger partial charge in [0.25, 0.3) is 0 Å². The minimum atomic E-state index is 0.257. The second-order valence-electron chi connectivity index (χ2n) is 5.36. The van der Waals surface area contributed by atoms with E-state index in [9.17, 15) is 0 Å². The maximum atomic E-state index is 5.60. The molecular formula is C14H24N2. The van der Waals surface area contributed by atoms with Gasteiger partial charge in [0.2, 0.25) is 0 Å². The molecule has 0 aliphatic carbocycles. The van der Waals surface area contributed by atoms with Crippen molar-refractivity contribution in [2.45, 2.75) is 34.1 Å². The van der Waals surface area contributed by atoms with E-state index in [0.717, 1.165) is 19.5 Å². The molecule has 0 aliphatic heterocycles. The predicted molar refractivity (Wildman–Crippen MR) is 71.9 cm³/mol. The standard InChI is InChI=1S/C14H24N2/c1-11-5-6-13(9-12(11)2)16-10-14(3,4)7-8-15/h5-6,9,16H,7-8,10,15H2,1-4H3. The number of hydrogen-bond donors (Lipinski definition) is 2. The summed E-state index contributed by atoms with van der Waals surface area (Å²) in [6.07, 6.45) is 1.05. The average molecular weight is 220 g/mol. The molecule has 0 aromatic heterocycles. The molecule has 0 saturated heterocycles. The molecule has 1 aromatic rings. The molecule has 0 spiro atoms. The Morgan fingerprint density at radius 1 is 1.19 bits per heavy atom. The van der Waals surface area contributed by atoms with Gasteiger partial charge in [0.1, 0.15) is 0 Å². The minimum absolute atomic E-state index is 0.257. The Morgan fingerprint density at radius 2 is 1.88 bits per heavy atom. The molecule has 0 saturated carbocycles. The molecule has 0 fully saturated rings. The van der Waals surface area contributed by atoms with E-state index in [0.29, 0.717) is 0 Å². The van der Waals surface area contributed by atoms with Gasteiger partial charge in [0.15, 0.2) is 0 Å². The highest BCUT2D eigenvalue weighted by Gasteiger charge is 2.16. The number of aryl methyl sites for hydroxylation is 2. The smallest absolute Gasteiger partial charge is 0.0343 e. The molecule has 0 radical (unpaired) electrons. The van der Waals surface area contributed by atoms with Gasteiger partial charge in [-0.15, -0.1) is 0 Å². The van der Waals surface area contributed by atoms with Crippen LogP contribution in [0.15, 0.2) is 18.2 Å². The highest BCUT2D eigenvalue weighted by molar-refractivity contribution is 5.48. The Hall–Kier alpha value is -1.02. The first-order valence-corrected chi connectivity index (χ1v) is 5.96. The SMILES string of the molecule is Cc1ccc(NCC(C)(C)CCN)cc1C. The van der Waals surface area contributed by atoms with Crippen molar-refractivity contribution in [1.29, 1.82) is 0 Å². The van der Waals surface area contributed by atoms with E-state index in [4.69, 9.17) is 5.73 Å². The van der Waals surface area contributed by atoms with Crippen molar-refractivity contribution in [2.24, 2.45) is 11.1 Å². The summed E-state index contributed by atoms with van der Waals surface area (Å²) in [4.78, 5) is 0. The van der Waals surface area contributed by atoms with Gasteiger partial charge in [-0.2, -0.15) is 0 Å². The molecule has 3 N–H and O–H groups in total. The van der Waals surface area contributed by atoms with E-state index >= 15 is 0 Å². The number of anilines is 1. The largest absolute Gasteiger partial charge is 0.385 e. The molecule has 1 aromatic carbocycles. The molecule has 90 valence electrons. The summed E-state index contributed by atoms with van der Waals surface area (Å²) < 4.78 is 0. The van der Waals surface area contributed by atoms with Crippen LogP contribution in [0.5, 0.6) is 0 Å². The van der Waals surface area contributed by atoms with E-state index < -0.39 is 0 Å². The third-order valence-electron chi connectivity index (χ3n) is 3.10. The van der Waals surface area contributed by atoms with Crippen LogP contribution in [-0.4, -0.2) is 13.1 Å². The summed E-state index contributed by atoms with van der Waals surface area (Å²) in [5, 5.41) is 3.48. The zero-order chi connectivity index (χ0) is 12.2. The lowest BCUT2D eigenvalue weighted by molar-refractivity contribution is 0.365. The first kappa shape index (κ1) is 13.0. The lowest BCUT2D eigenvalue weighted by atomic mass is 9.89. The van der Waals surface area contributed by atoms with Gasteiger partial charge < -0.3 is 11.1 Å². The average Bonchev–Trinajstić information content (AvgIpc) is 2.20. The fourth-order valence-corrected chi connectivity index (χ4v) is 1.67. The molecule has 0 unspecified atom stereocenters. The maximum Gasteiger partial charge on any atom is 0.0343 e. The van der Waals surface area contributed by atoms with Crippen LogP contribution < -0.4 is 11.1 Å². The molecule has 0 amide bonds. The van der Waals surface area contributed by atoms with Crippen molar-refractivity contribution < 1.29 is 0 Å². The van der Waals surface area contributed by atoms with Gasteiger partial charge in [-0.05, 0) is 55.5 Å². The van der Waals surface area contributed by atoms with Crippen molar-refractivity contribution in [3.63, 3.8) is 0 Å². The maximum absolute atomic E-state index is 5.60. The summed E-state index contributed by atoms with van der Waals surface area (Å²) >= 11 is 0. The van der Waals surface area contributed by atoms with E-state index in [1.807, 2.05) is 0 Å². The predicted octanol–water partition coefficient (Wildman–Crippen LogP) is 3.09. The van der Waals surface area contributed by atoms with Crippen LogP contribution in [-0.2, 0) is 0 Å². The Labute approximate surface area is 99.2 Å². The summed E-state index contributed by atoms with van der Waals surface area (Å²) in [5.41, 5.74) is 9.73. The fourth-order valence-electron chi connectivity index (χ4n) is 1.67. The highest BCUT2D eigenvalue weighted by atomic mass is 14.9. The van der Waals surface area contributed by atoms with Gasteiger partial charge in [-0.1, -0.05) is 19.9 Å². The van der Waals surface area contributed by atoms with Crippen molar-refractivity contribution in [1.82, 2.24) is 0 Å². The first-order valence-electron chi connectivity index (χ1n) is 5.96. The molecule has 2 nitrogen and oxygen atoms in total. The van der Waals surface area contributed by atoms with Gasteiger partial charge in [0, 0.05) is 12.2 Å². The summed E-state index contributed by atoms with van der Waals surface area (Å²) in [5.74, 6) is 0. The van der Waals surface area contributed by atoms with Gasteiger partial charge in [0.05, 0.1) is 0 Å². The quantitative estimate of drug-likeness (QED) is 0.800. The minimum Gasteiger partial charge on any atom is -0.385 e. The highest BCUT2D eigenvalue weighted by Crippen LogP contribution is 2.21. The van der Waals surface area contributed by atoms with Crippen LogP contribution >= 0.6 is 0 Å². The van der Waals surface area contributed by atoms with Crippen molar-refractivity contribution >= 4 is 5.69 Å². The lowest BCUT2D eigenvalue weighted by Crippen LogP contribution is -2.26. The topological polar surface area (TPSA) is 38.0 Å². The van der Waals surface area contributed by atoms with Crippen LogP contribution in [0.4, 0.5) is 5.69 Å². The van der Waals surface area contributed by atoms with E-state index in [1.54, 1.807) is 0 Å². The second kappa shape index (κ2) is 5.35. The zero-order valence-corrected chi connectivity index (χ0v) is 10.9. The molecule has 0 bridgehead atoms. The lowest BCUT2D eigenvalue weighted by Gasteiger charge is -2.25. The molecule has 0 atom stereocenters. The van der Waals surface area contributed by atoms with Crippen LogP contribution in [0.3, 0.4) is 0 Å². The van der Waals surface area contributed by atoms with E-state index in [1.165, 1.54) is 16.8 Å². The first-order chi connectivity index (χ1) is 7.44. The molecule has 16 heavy (non-hydrogen) atoms. The molecular weight excluding hydrogens is 196 g/mol. The Bertz CT molecular complexity index is 343. The molecule has 0 aliphatic rings. The van der Waals surface area contributed by atoms with E-state index in [-0.39, 0.29) is 5.41 Å². The van der Waals surface area contributed by atoms with E-state index in [2.05, 4.69) is 51.2 Å². The second-order valence-corrected chi connectivity index (χ2v) is 5.36. The normalized spacial score (nSPS) is 11.6. The third-order valence-corrected chi connectivity index (χ3v) is 3.10. The third kappa shape index (κ3) is 3.86. The molecule has 1 rings (SSSR count). The number of rotatable bonds is 5. The fraction of sp³-hybridized carbons (Fsp3) is 0.571. The number of benzene rings is 1. The number of hydrogen-bond acceptors (Lipinski definition) is 2. The van der Waals surface area contributed by atoms with Gasteiger partial charge >= 0.3 is 0 Å². The summed E-state index contributed by atoms with van der Waals surface area (Å²) in [7, 11) is 0. The summed E-state index contributed by atoms with van der Waals surface area (Å²) in [6.45, 7) is 10.5. The molecule has 0 heterocycles. The van der Waals surface area contributed by atoms with Crippen molar-refractivity contribution in [3.8, 4) is 0 Å². The van der Waals surface area contributed by atoms with Crippen LogP contribution in [0.2, 0.25) is 0 Å². The van der Waals surface area contributed by atoms with Gasteiger partial charge in [-0.3, -0.25) is 0 Å². The van der Waals surface area contributed by atoms with Crippen molar-refractivity contribution in [2.75, 3.05) is 18.4 Å².